The minimum atomic E-state index is 0.148. The third-order valence-corrected chi connectivity index (χ3v) is 5.24. The molecule has 0 aliphatic heterocycles. The van der Waals surface area contributed by atoms with Crippen LogP contribution >= 0.6 is 0 Å². The first-order chi connectivity index (χ1) is 10.4. The molecule has 0 heterocycles. The van der Waals surface area contributed by atoms with Gasteiger partial charge >= 0.3 is 0 Å². The molecule has 0 amide bonds. The van der Waals surface area contributed by atoms with Crippen molar-refractivity contribution in [1.29, 1.82) is 0 Å². The van der Waals surface area contributed by atoms with Crippen LogP contribution in [-0.4, -0.2) is 5.78 Å². The van der Waals surface area contributed by atoms with Crippen molar-refractivity contribution in [2.45, 2.75) is 40.5 Å². The second-order valence-corrected chi connectivity index (χ2v) is 6.36. The monoisotopic (exact) mass is 290 g/mol. The van der Waals surface area contributed by atoms with E-state index in [0.717, 1.165) is 21.9 Å². The molecule has 0 radical (unpaired) electrons. The predicted molar refractivity (Wildman–Crippen MR) is 93.4 cm³/mol. The van der Waals surface area contributed by atoms with Crippen LogP contribution in [0.25, 0.3) is 10.8 Å². The zero-order valence-corrected chi connectivity index (χ0v) is 13.9. The molecule has 1 heteroatoms. The van der Waals surface area contributed by atoms with Crippen LogP contribution in [0.15, 0.2) is 58.7 Å². The smallest absolute Gasteiger partial charge is 0.160 e. The second kappa shape index (κ2) is 5.24. The SMILES string of the molecule is CC(=O)c1c(C2C(C)=C(C)C(C)=C2C)ccc2ccccc12. The Morgan fingerprint density at radius 1 is 0.864 bits per heavy atom. The standard InChI is InChI=1S/C21H22O/c1-12-13(2)15(4)20(14(12)3)19-11-10-17-8-6-7-9-18(17)21(19)16(5)22/h6-11,20H,1-5H3. The highest BCUT2D eigenvalue weighted by molar-refractivity contribution is 6.08. The van der Waals surface area contributed by atoms with Gasteiger partial charge in [0.05, 0.1) is 0 Å². The summed E-state index contributed by atoms with van der Waals surface area (Å²) in [5, 5.41) is 2.20. The molecule has 22 heavy (non-hydrogen) atoms. The summed E-state index contributed by atoms with van der Waals surface area (Å²) in [5.74, 6) is 0.387. The zero-order chi connectivity index (χ0) is 16.0. The van der Waals surface area contributed by atoms with Gasteiger partial charge in [-0.2, -0.15) is 0 Å². The van der Waals surface area contributed by atoms with Gasteiger partial charge in [-0.3, -0.25) is 4.79 Å². The lowest BCUT2D eigenvalue weighted by Crippen LogP contribution is -2.07. The minimum Gasteiger partial charge on any atom is -0.294 e. The molecule has 3 rings (SSSR count). The Balaban J connectivity index is 2.34. The van der Waals surface area contributed by atoms with Crippen molar-refractivity contribution >= 4 is 16.6 Å². The van der Waals surface area contributed by atoms with E-state index in [1.54, 1.807) is 6.92 Å². The van der Waals surface area contributed by atoms with Crippen molar-refractivity contribution in [1.82, 2.24) is 0 Å². The molecule has 1 aliphatic carbocycles. The van der Waals surface area contributed by atoms with Crippen LogP contribution in [0.5, 0.6) is 0 Å². The fraction of sp³-hybridized carbons (Fsp3) is 0.286. The van der Waals surface area contributed by atoms with Crippen LogP contribution in [0.2, 0.25) is 0 Å². The third-order valence-electron chi connectivity index (χ3n) is 5.24. The van der Waals surface area contributed by atoms with Gasteiger partial charge in [-0.1, -0.05) is 47.5 Å². The van der Waals surface area contributed by atoms with Gasteiger partial charge < -0.3 is 0 Å². The molecule has 2 aromatic rings. The van der Waals surface area contributed by atoms with E-state index >= 15 is 0 Å². The van der Waals surface area contributed by atoms with Gasteiger partial charge in [0, 0.05) is 11.5 Å². The van der Waals surface area contributed by atoms with E-state index in [-0.39, 0.29) is 11.7 Å². The molecule has 0 saturated heterocycles. The average molecular weight is 290 g/mol. The number of allylic oxidation sites excluding steroid dienone is 4. The number of hydrogen-bond acceptors (Lipinski definition) is 1. The number of Topliss-reactive ketones (excluding diaryl/α,β-unsaturated/α-hetero) is 1. The zero-order valence-electron chi connectivity index (χ0n) is 13.9. The molecule has 0 fully saturated rings. The molecule has 0 spiro atoms. The normalized spacial score (nSPS) is 16.0. The first-order valence-electron chi connectivity index (χ1n) is 7.81. The summed E-state index contributed by atoms with van der Waals surface area (Å²) in [6.45, 7) is 10.4. The Hall–Kier alpha value is -2.15. The maximum absolute atomic E-state index is 12.4. The van der Waals surface area contributed by atoms with Crippen LogP contribution in [0, 0.1) is 0 Å². The maximum atomic E-state index is 12.4. The van der Waals surface area contributed by atoms with Gasteiger partial charge in [-0.25, -0.2) is 0 Å². The quantitative estimate of drug-likeness (QED) is 0.638. The molecule has 0 aromatic heterocycles. The summed E-state index contributed by atoms with van der Waals surface area (Å²) in [4.78, 5) is 12.4. The van der Waals surface area contributed by atoms with Gasteiger partial charge in [0.15, 0.2) is 5.78 Å². The highest BCUT2D eigenvalue weighted by atomic mass is 16.1. The molecule has 2 aromatic carbocycles. The van der Waals surface area contributed by atoms with Crippen LogP contribution in [0.3, 0.4) is 0 Å². The molecular weight excluding hydrogens is 268 g/mol. The lowest BCUT2D eigenvalue weighted by Gasteiger charge is -2.20. The Kier molecular flexibility index (Phi) is 3.52. The van der Waals surface area contributed by atoms with Crippen molar-refractivity contribution in [3.05, 3.63) is 69.8 Å². The van der Waals surface area contributed by atoms with E-state index < -0.39 is 0 Å². The fourth-order valence-corrected chi connectivity index (χ4v) is 3.74. The summed E-state index contributed by atoms with van der Waals surface area (Å²) in [6, 6.07) is 12.4. The highest BCUT2D eigenvalue weighted by Crippen LogP contribution is 2.45. The topological polar surface area (TPSA) is 17.1 Å². The number of ketones is 1. The van der Waals surface area contributed by atoms with E-state index in [1.807, 2.05) is 12.1 Å². The predicted octanol–water partition coefficient (Wildman–Crippen LogP) is 5.81. The Labute approximate surface area is 132 Å². The second-order valence-electron chi connectivity index (χ2n) is 6.36. The van der Waals surface area contributed by atoms with Crippen molar-refractivity contribution in [2.24, 2.45) is 0 Å². The molecule has 112 valence electrons. The van der Waals surface area contributed by atoms with Gasteiger partial charge in [0.25, 0.3) is 0 Å². The van der Waals surface area contributed by atoms with Gasteiger partial charge in [0.2, 0.25) is 0 Å². The largest absolute Gasteiger partial charge is 0.294 e. The van der Waals surface area contributed by atoms with Gasteiger partial charge in [0.1, 0.15) is 0 Å². The Morgan fingerprint density at radius 2 is 1.45 bits per heavy atom. The third kappa shape index (κ3) is 2.04. The molecular formula is C21H22O. The lowest BCUT2D eigenvalue weighted by atomic mass is 9.83. The maximum Gasteiger partial charge on any atom is 0.160 e. The minimum absolute atomic E-state index is 0.148. The summed E-state index contributed by atoms with van der Waals surface area (Å²) in [7, 11) is 0. The van der Waals surface area contributed by atoms with Crippen molar-refractivity contribution in [3.8, 4) is 0 Å². The summed E-state index contributed by atoms with van der Waals surface area (Å²) in [6.07, 6.45) is 0. The fourth-order valence-electron chi connectivity index (χ4n) is 3.74. The number of hydrogen-bond donors (Lipinski definition) is 0. The number of fused-ring (bicyclic) bond motifs is 1. The summed E-state index contributed by atoms with van der Waals surface area (Å²) < 4.78 is 0. The molecule has 0 unspecified atom stereocenters. The Bertz CT molecular complexity index is 825. The van der Waals surface area contributed by atoms with E-state index in [0.29, 0.717) is 0 Å². The van der Waals surface area contributed by atoms with Gasteiger partial charge in [-0.15, -0.1) is 0 Å². The highest BCUT2D eigenvalue weighted by Gasteiger charge is 2.29. The van der Waals surface area contributed by atoms with Crippen LogP contribution < -0.4 is 0 Å². The van der Waals surface area contributed by atoms with Crippen molar-refractivity contribution in [3.63, 3.8) is 0 Å². The number of benzene rings is 2. The van der Waals surface area contributed by atoms with Crippen LogP contribution in [0.1, 0.15) is 56.5 Å². The summed E-state index contributed by atoms with van der Waals surface area (Å²) >= 11 is 0. The van der Waals surface area contributed by atoms with Crippen LogP contribution in [0.4, 0.5) is 0 Å². The Morgan fingerprint density at radius 3 is 2.05 bits per heavy atom. The molecule has 1 aliphatic rings. The summed E-state index contributed by atoms with van der Waals surface area (Å²) in [5.41, 5.74) is 7.50. The number of carbonyl (C=O) groups is 1. The van der Waals surface area contributed by atoms with E-state index in [4.69, 9.17) is 0 Å². The first kappa shape index (κ1) is 14.8. The van der Waals surface area contributed by atoms with E-state index in [2.05, 4.69) is 52.0 Å². The van der Waals surface area contributed by atoms with Crippen LogP contribution in [-0.2, 0) is 0 Å². The van der Waals surface area contributed by atoms with E-state index in [1.165, 1.54) is 22.3 Å². The number of carbonyl (C=O) groups excluding carboxylic acids is 1. The molecule has 0 bridgehead atoms. The van der Waals surface area contributed by atoms with Crippen molar-refractivity contribution < 1.29 is 4.79 Å². The lowest BCUT2D eigenvalue weighted by molar-refractivity contribution is 0.101. The van der Waals surface area contributed by atoms with Gasteiger partial charge in [-0.05, 0) is 62.1 Å². The molecule has 0 saturated carbocycles. The average Bonchev–Trinajstić information content (AvgIpc) is 2.70. The van der Waals surface area contributed by atoms with E-state index in [9.17, 15) is 4.79 Å². The van der Waals surface area contributed by atoms with Crippen molar-refractivity contribution in [2.75, 3.05) is 0 Å². The first-order valence-corrected chi connectivity index (χ1v) is 7.81. The molecule has 1 nitrogen and oxygen atoms in total. The number of rotatable bonds is 2. The molecule has 0 atom stereocenters. The molecule has 0 N–H and O–H groups in total.